The van der Waals surface area contributed by atoms with Crippen molar-refractivity contribution in [2.24, 2.45) is 23.2 Å². The Morgan fingerprint density at radius 3 is 2.77 bits per heavy atom. The summed E-state index contributed by atoms with van der Waals surface area (Å²) in [5.74, 6) is 2.51. The van der Waals surface area contributed by atoms with Crippen LogP contribution in [0.4, 0.5) is 0 Å². The molecule has 1 aromatic heterocycles. The predicted octanol–water partition coefficient (Wildman–Crippen LogP) is 3.73. The van der Waals surface area contributed by atoms with Crippen LogP contribution in [0.15, 0.2) is 12.3 Å². The molecule has 2 atom stereocenters. The van der Waals surface area contributed by atoms with Crippen LogP contribution in [0.1, 0.15) is 64.1 Å². The summed E-state index contributed by atoms with van der Waals surface area (Å²) in [7, 11) is 0. The Balaban J connectivity index is 1.52. The Morgan fingerprint density at radius 2 is 2.08 bits per heavy atom. The molecule has 3 aliphatic rings. The van der Waals surface area contributed by atoms with Gasteiger partial charge in [0, 0.05) is 18.0 Å². The van der Waals surface area contributed by atoms with Crippen LogP contribution in [0.5, 0.6) is 5.75 Å². The molecule has 0 aliphatic heterocycles. The molecule has 0 bridgehead atoms. The van der Waals surface area contributed by atoms with E-state index in [0.717, 1.165) is 50.0 Å². The van der Waals surface area contributed by atoms with Crippen molar-refractivity contribution in [1.82, 2.24) is 4.98 Å². The van der Waals surface area contributed by atoms with Gasteiger partial charge in [0.2, 0.25) is 0 Å². The molecule has 1 aromatic rings. The van der Waals surface area contributed by atoms with Gasteiger partial charge in [-0.15, -0.1) is 0 Å². The highest BCUT2D eigenvalue weighted by atomic mass is 16.5. The van der Waals surface area contributed by atoms with Gasteiger partial charge in [-0.25, -0.2) is 0 Å². The summed E-state index contributed by atoms with van der Waals surface area (Å²) in [5, 5.41) is 10.2. The number of carbonyl (C=O) groups excluding carboxylic acids is 1. The van der Waals surface area contributed by atoms with Gasteiger partial charge in [-0.3, -0.25) is 9.78 Å². The summed E-state index contributed by atoms with van der Waals surface area (Å²) in [5.41, 5.74) is 1.84. The zero-order valence-electron chi connectivity index (χ0n) is 16.3. The number of nitrogens with zero attached hydrogens (tertiary/aromatic N) is 1. The smallest absolute Gasteiger partial charge is 0.137 e. The molecule has 3 aliphatic carbocycles. The van der Waals surface area contributed by atoms with Crippen molar-refractivity contribution in [3.05, 3.63) is 23.5 Å². The van der Waals surface area contributed by atoms with E-state index >= 15 is 0 Å². The summed E-state index contributed by atoms with van der Waals surface area (Å²) >= 11 is 0. The Hall–Kier alpha value is -1.42. The molecule has 4 nitrogen and oxygen atoms in total. The molecule has 0 radical (unpaired) electrons. The molecule has 0 spiro atoms. The Labute approximate surface area is 156 Å². The molecule has 2 unspecified atom stereocenters. The molecule has 0 saturated heterocycles. The summed E-state index contributed by atoms with van der Waals surface area (Å²) in [6, 6.07) is 2.10. The molecule has 4 heteroatoms. The number of aliphatic hydroxyl groups is 1. The molecule has 0 aromatic carbocycles. The van der Waals surface area contributed by atoms with Crippen LogP contribution in [0.25, 0.3) is 0 Å². The number of hydrogen-bond acceptors (Lipinski definition) is 4. The number of pyridine rings is 1. The van der Waals surface area contributed by atoms with Crippen LogP contribution in [-0.4, -0.2) is 28.1 Å². The van der Waals surface area contributed by atoms with Gasteiger partial charge in [0.1, 0.15) is 11.5 Å². The minimum Gasteiger partial charge on any atom is -0.492 e. The molecule has 2 saturated carbocycles. The molecule has 26 heavy (non-hydrogen) atoms. The van der Waals surface area contributed by atoms with E-state index in [-0.39, 0.29) is 11.3 Å². The number of ketones is 1. The van der Waals surface area contributed by atoms with E-state index < -0.39 is 5.60 Å². The summed E-state index contributed by atoms with van der Waals surface area (Å²) in [6.07, 6.45) is 7.78. The van der Waals surface area contributed by atoms with E-state index in [1.807, 2.05) is 13.1 Å². The van der Waals surface area contributed by atoms with Gasteiger partial charge in [-0.05, 0) is 74.3 Å². The minimum atomic E-state index is -0.539. The maximum Gasteiger partial charge on any atom is 0.137 e. The number of aromatic nitrogens is 1. The number of fused-ring (bicyclic) bond motifs is 2. The fourth-order valence-corrected chi connectivity index (χ4v) is 5.08. The third-order valence-electron chi connectivity index (χ3n) is 6.83. The number of hydrogen-bond donors (Lipinski definition) is 1. The molecular weight excluding hydrogens is 326 g/mol. The number of rotatable bonds is 5. The van der Waals surface area contributed by atoms with E-state index in [1.165, 1.54) is 5.56 Å². The molecule has 2 fully saturated rings. The van der Waals surface area contributed by atoms with Crippen LogP contribution >= 0.6 is 0 Å². The van der Waals surface area contributed by atoms with Crippen molar-refractivity contribution in [1.29, 1.82) is 0 Å². The highest BCUT2D eigenvalue weighted by Crippen LogP contribution is 2.67. The maximum atomic E-state index is 12.6. The lowest BCUT2D eigenvalue weighted by Gasteiger charge is -2.46. The van der Waals surface area contributed by atoms with Crippen LogP contribution in [0.3, 0.4) is 0 Å². The second kappa shape index (κ2) is 6.33. The average molecular weight is 357 g/mol. The van der Waals surface area contributed by atoms with Gasteiger partial charge >= 0.3 is 0 Å². The SMILES string of the molecule is CC(C)CCOc1cnc2c(c1)CCC(=O)C1CC1(C1CC(C)(O)C1)C2. The maximum absolute atomic E-state index is 12.6. The van der Waals surface area contributed by atoms with Crippen molar-refractivity contribution in [3.8, 4) is 5.75 Å². The lowest BCUT2D eigenvalue weighted by molar-refractivity contribution is -0.124. The van der Waals surface area contributed by atoms with Gasteiger partial charge in [0.15, 0.2) is 0 Å². The Kier molecular flexibility index (Phi) is 4.37. The van der Waals surface area contributed by atoms with Gasteiger partial charge in [-0.2, -0.15) is 0 Å². The molecular formula is C22H31NO3. The number of carbonyl (C=O) groups is 1. The van der Waals surface area contributed by atoms with Crippen molar-refractivity contribution < 1.29 is 14.6 Å². The summed E-state index contributed by atoms with van der Waals surface area (Å²) < 4.78 is 5.87. The van der Waals surface area contributed by atoms with Gasteiger partial charge in [-0.1, -0.05) is 13.8 Å². The lowest BCUT2D eigenvalue weighted by atomic mass is 9.62. The summed E-state index contributed by atoms with van der Waals surface area (Å²) in [4.78, 5) is 17.4. The fourth-order valence-electron chi connectivity index (χ4n) is 5.08. The highest BCUT2D eigenvalue weighted by Gasteiger charge is 2.65. The van der Waals surface area contributed by atoms with E-state index in [4.69, 9.17) is 9.72 Å². The van der Waals surface area contributed by atoms with Gasteiger partial charge < -0.3 is 9.84 Å². The second-order valence-electron chi connectivity index (χ2n) is 9.54. The van der Waals surface area contributed by atoms with Crippen molar-refractivity contribution >= 4 is 5.78 Å². The minimum absolute atomic E-state index is 0.0571. The Bertz CT molecular complexity index is 703. The molecule has 0 amide bonds. The van der Waals surface area contributed by atoms with Crippen LogP contribution in [0, 0.1) is 23.2 Å². The highest BCUT2D eigenvalue weighted by molar-refractivity contribution is 5.85. The second-order valence-corrected chi connectivity index (χ2v) is 9.54. The quantitative estimate of drug-likeness (QED) is 0.872. The average Bonchev–Trinajstić information content (AvgIpc) is 3.25. The normalized spacial score (nSPS) is 35.8. The van der Waals surface area contributed by atoms with Crippen LogP contribution < -0.4 is 4.74 Å². The zero-order chi connectivity index (χ0) is 18.5. The van der Waals surface area contributed by atoms with Gasteiger partial charge in [0.05, 0.1) is 18.4 Å². The third-order valence-corrected chi connectivity index (χ3v) is 6.83. The lowest BCUT2D eigenvalue weighted by Crippen LogP contribution is -2.46. The van der Waals surface area contributed by atoms with E-state index in [0.29, 0.717) is 30.6 Å². The van der Waals surface area contributed by atoms with E-state index in [9.17, 15) is 9.90 Å². The van der Waals surface area contributed by atoms with Crippen molar-refractivity contribution in [2.75, 3.05) is 6.61 Å². The molecule has 1 heterocycles. The first-order chi connectivity index (χ1) is 12.3. The zero-order valence-corrected chi connectivity index (χ0v) is 16.3. The first-order valence-corrected chi connectivity index (χ1v) is 10.1. The predicted molar refractivity (Wildman–Crippen MR) is 100 cm³/mol. The van der Waals surface area contributed by atoms with Crippen molar-refractivity contribution in [3.63, 3.8) is 0 Å². The van der Waals surface area contributed by atoms with Crippen LogP contribution in [0.2, 0.25) is 0 Å². The first-order valence-electron chi connectivity index (χ1n) is 10.1. The number of aryl methyl sites for hydroxylation is 1. The molecule has 1 N–H and O–H groups in total. The first kappa shape index (κ1) is 18.0. The third kappa shape index (κ3) is 3.28. The summed E-state index contributed by atoms with van der Waals surface area (Å²) in [6.45, 7) is 7.00. The fraction of sp³-hybridized carbons (Fsp3) is 0.727. The number of Topliss-reactive ketones (excluding diaryl/α,β-unsaturated/α-hetero) is 1. The molecule has 4 rings (SSSR count). The van der Waals surface area contributed by atoms with Crippen molar-refractivity contribution in [2.45, 2.75) is 71.3 Å². The van der Waals surface area contributed by atoms with E-state index in [2.05, 4.69) is 19.9 Å². The number of ether oxygens (including phenoxy) is 1. The standard InChI is InChI=1S/C22H31NO3/c1-14(2)6-7-26-17-8-15-4-5-20(24)18-11-22(18,12-19(15)23-13-17)16-9-21(3,25)10-16/h8,13-14,16,18,25H,4-7,9-12H2,1-3H3. The molecule has 142 valence electrons. The Morgan fingerprint density at radius 1 is 1.31 bits per heavy atom. The van der Waals surface area contributed by atoms with Crippen LogP contribution in [-0.2, 0) is 17.6 Å². The topological polar surface area (TPSA) is 59.4 Å². The largest absolute Gasteiger partial charge is 0.492 e. The van der Waals surface area contributed by atoms with Gasteiger partial charge in [0.25, 0.3) is 0 Å². The monoisotopic (exact) mass is 357 g/mol. The van der Waals surface area contributed by atoms with E-state index in [1.54, 1.807) is 0 Å².